The molecule has 0 spiro atoms. The SMILES string of the molecule is C=CC(=O)OCC(COc1ccc(C(C)(C)c2ccc(C)cc2)cc1)OC(=O)C=C. The van der Waals surface area contributed by atoms with Gasteiger partial charge in [0.1, 0.15) is 19.0 Å². The molecule has 0 saturated heterocycles. The Kier molecular flexibility index (Phi) is 7.98. The Balaban J connectivity index is 2.04. The van der Waals surface area contributed by atoms with E-state index in [1.807, 2.05) is 24.3 Å². The highest BCUT2D eigenvalue weighted by Gasteiger charge is 2.23. The summed E-state index contributed by atoms with van der Waals surface area (Å²) in [5.41, 5.74) is 3.44. The minimum Gasteiger partial charge on any atom is -0.490 e. The van der Waals surface area contributed by atoms with Crippen LogP contribution in [0.1, 0.15) is 30.5 Å². The third-order valence-electron chi connectivity index (χ3n) is 4.81. The largest absolute Gasteiger partial charge is 0.490 e. The number of benzene rings is 2. The van der Waals surface area contributed by atoms with E-state index >= 15 is 0 Å². The maximum atomic E-state index is 11.5. The Labute approximate surface area is 178 Å². The molecule has 158 valence electrons. The number of hydrogen-bond acceptors (Lipinski definition) is 5. The first-order valence-corrected chi connectivity index (χ1v) is 9.69. The maximum absolute atomic E-state index is 11.5. The number of ether oxygens (including phenoxy) is 3. The van der Waals surface area contributed by atoms with E-state index < -0.39 is 18.0 Å². The van der Waals surface area contributed by atoms with Gasteiger partial charge >= 0.3 is 11.9 Å². The highest BCUT2D eigenvalue weighted by Crippen LogP contribution is 2.32. The molecule has 30 heavy (non-hydrogen) atoms. The van der Waals surface area contributed by atoms with Gasteiger partial charge in [-0.2, -0.15) is 0 Å². The van der Waals surface area contributed by atoms with E-state index in [4.69, 9.17) is 14.2 Å². The Morgan fingerprint density at radius 3 is 1.97 bits per heavy atom. The maximum Gasteiger partial charge on any atom is 0.330 e. The average molecular weight is 408 g/mol. The molecule has 0 N–H and O–H groups in total. The van der Waals surface area contributed by atoms with Crippen molar-refractivity contribution in [2.75, 3.05) is 13.2 Å². The van der Waals surface area contributed by atoms with Crippen molar-refractivity contribution in [1.82, 2.24) is 0 Å². The normalized spacial score (nSPS) is 11.8. The van der Waals surface area contributed by atoms with Crippen molar-refractivity contribution in [1.29, 1.82) is 0 Å². The van der Waals surface area contributed by atoms with Crippen LogP contribution in [0.3, 0.4) is 0 Å². The van der Waals surface area contributed by atoms with Gasteiger partial charge in [0, 0.05) is 17.6 Å². The van der Waals surface area contributed by atoms with Crippen molar-refractivity contribution < 1.29 is 23.8 Å². The van der Waals surface area contributed by atoms with Gasteiger partial charge in [-0.15, -0.1) is 0 Å². The fourth-order valence-corrected chi connectivity index (χ4v) is 2.86. The van der Waals surface area contributed by atoms with Crippen molar-refractivity contribution in [3.05, 3.63) is 90.5 Å². The van der Waals surface area contributed by atoms with E-state index in [1.54, 1.807) is 0 Å². The molecule has 0 aliphatic heterocycles. The predicted octanol–water partition coefficient (Wildman–Crippen LogP) is 4.53. The summed E-state index contributed by atoms with van der Waals surface area (Å²) in [6, 6.07) is 16.3. The first-order valence-electron chi connectivity index (χ1n) is 9.69. The molecule has 0 bridgehead atoms. The van der Waals surface area contributed by atoms with E-state index in [-0.39, 0.29) is 18.6 Å². The molecule has 0 aliphatic rings. The van der Waals surface area contributed by atoms with Crippen molar-refractivity contribution in [2.45, 2.75) is 32.3 Å². The highest BCUT2D eigenvalue weighted by atomic mass is 16.6. The number of esters is 2. The number of aryl methyl sites for hydroxylation is 1. The lowest BCUT2D eigenvalue weighted by molar-refractivity contribution is -0.154. The van der Waals surface area contributed by atoms with Gasteiger partial charge in [-0.25, -0.2) is 9.59 Å². The standard InChI is InChI=1S/C25H28O5/c1-6-23(26)29-17-22(30-24(27)7-2)16-28-21-14-12-20(13-15-21)25(4,5)19-10-8-18(3)9-11-19/h6-15,22H,1-2,16-17H2,3-5H3. The lowest BCUT2D eigenvalue weighted by Crippen LogP contribution is -2.30. The second kappa shape index (κ2) is 10.4. The Bertz CT molecular complexity index is 879. The molecule has 0 saturated carbocycles. The van der Waals surface area contributed by atoms with Gasteiger partial charge in [-0.05, 0) is 30.2 Å². The van der Waals surface area contributed by atoms with Crippen LogP contribution in [0.15, 0.2) is 73.8 Å². The van der Waals surface area contributed by atoms with Gasteiger partial charge in [0.2, 0.25) is 0 Å². The van der Waals surface area contributed by atoms with Crippen molar-refractivity contribution in [2.24, 2.45) is 0 Å². The molecule has 5 nitrogen and oxygen atoms in total. The molecule has 2 aromatic rings. The number of carbonyl (C=O) groups excluding carboxylic acids is 2. The van der Waals surface area contributed by atoms with Crippen molar-refractivity contribution in [3.8, 4) is 5.75 Å². The molecular weight excluding hydrogens is 380 g/mol. The van der Waals surface area contributed by atoms with Crippen LogP contribution in [0.5, 0.6) is 5.75 Å². The predicted molar refractivity (Wildman–Crippen MR) is 116 cm³/mol. The summed E-state index contributed by atoms with van der Waals surface area (Å²) in [4.78, 5) is 22.8. The molecule has 0 heterocycles. The molecule has 2 rings (SSSR count). The van der Waals surface area contributed by atoms with Crippen LogP contribution in [-0.4, -0.2) is 31.3 Å². The summed E-state index contributed by atoms with van der Waals surface area (Å²) in [7, 11) is 0. The zero-order valence-corrected chi connectivity index (χ0v) is 17.7. The van der Waals surface area contributed by atoms with Crippen LogP contribution in [0.25, 0.3) is 0 Å². The molecule has 2 aromatic carbocycles. The van der Waals surface area contributed by atoms with Gasteiger partial charge < -0.3 is 14.2 Å². The molecule has 5 heteroatoms. The minimum absolute atomic E-state index is 0.0324. The molecule has 0 radical (unpaired) electrons. The zero-order chi connectivity index (χ0) is 22.1. The second-order valence-electron chi connectivity index (χ2n) is 7.42. The highest BCUT2D eigenvalue weighted by molar-refractivity contribution is 5.82. The molecule has 0 fully saturated rings. The van der Waals surface area contributed by atoms with Gasteiger partial charge in [-0.1, -0.05) is 69.0 Å². The fourth-order valence-electron chi connectivity index (χ4n) is 2.86. The van der Waals surface area contributed by atoms with E-state index in [1.165, 1.54) is 11.1 Å². The molecule has 1 unspecified atom stereocenters. The van der Waals surface area contributed by atoms with Gasteiger partial charge in [-0.3, -0.25) is 0 Å². The minimum atomic E-state index is -0.761. The van der Waals surface area contributed by atoms with Crippen LogP contribution in [0, 0.1) is 6.92 Å². The van der Waals surface area contributed by atoms with Crippen LogP contribution in [0.2, 0.25) is 0 Å². The summed E-state index contributed by atoms with van der Waals surface area (Å²) >= 11 is 0. The molecule has 0 amide bonds. The van der Waals surface area contributed by atoms with Crippen LogP contribution in [0.4, 0.5) is 0 Å². The van der Waals surface area contributed by atoms with Crippen molar-refractivity contribution in [3.63, 3.8) is 0 Å². The summed E-state index contributed by atoms with van der Waals surface area (Å²) in [5.74, 6) is -0.598. The molecule has 0 aliphatic carbocycles. The van der Waals surface area contributed by atoms with Crippen LogP contribution in [-0.2, 0) is 24.5 Å². The fraction of sp³-hybridized carbons (Fsp3) is 0.280. The number of hydrogen-bond donors (Lipinski definition) is 0. The number of carbonyl (C=O) groups is 2. The summed E-state index contributed by atoms with van der Waals surface area (Å²) in [6.07, 6.45) is 1.33. The first kappa shape index (κ1) is 22.9. The molecular formula is C25H28O5. The Morgan fingerprint density at radius 1 is 0.900 bits per heavy atom. The van der Waals surface area contributed by atoms with Gasteiger partial charge in [0.25, 0.3) is 0 Å². The third kappa shape index (κ3) is 6.34. The van der Waals surface area contributed by atoms with E-state index in [9.17, 15) is 9.59 Å². The monoisotopic (exact) mass is 408 g/mol. The average Bonchev–Trinajstić information content (AvgIpc) is 2.75. The zero-order valence-electron chi connectivity index (χ0n) is 17.7. The topological polar surface area (TPSA) is 61.8 Å². The van der Waals surface area contributed by atoms with Crippen LogP contribution >= 0.6 is 0 Å². The Morgan fingerprint density at radius 2 is 1.43 bits per heavy atom. The summed E-state index contributed by atoms with van der Waals surface area (Å²) in [6.45, 7) is 13.0. The number of rotatable bonds is 10. The quantitative estimate of drug-likeness (QED) is 0.427. The summed E-state index contributed by atoms with van der Waals surface area (Å²) in [5, 5.41) is 0. The van der Waals surface area contributed by atoms with Crippen molar-refractivity contribution >= 4 is 11.9 Å². The summed E-state index contributed by atoms with van der Waals surface area (Å²) < 4.78 is 15.9. The first-order chi connectivity index (χ1) is 14.3. The van der Waals surface area contributed by atoms with E-state index in [2.05, 4.69) is 58.2 Å². The molecule has 1 atom stereocenters. The van der Waals surface area contributed by atoms with Crippen LogP contribution < -0.4 is 4.74 Å². The Hall–Kier alpha value is -3.34. The smallest absolute Gasteiger partial charge is 0.330 e. The van der Waals surface area contributed by atoms with Gasteiger partial charge in [0.15, 0.2) is 6.10 Å². The third-order valence-corrected chi connectivity index (χ3v) is 4.81. The van der Waals surface area contributed by atoms with E-state index in [0.29, 0.717) is 5.75 Å². The lowest BCUT2D eigenvalue weighted by Gasteiger charge is -2.26. The second-order valence-corrected chi connectivity index (χ2v) is 7.42. The van der Waals surface area contributed by atoms with Gasteiger partial charge in [0.05, 0.1) is 0 Å². The van der Waals surface area contributed by atoms with E-state index in [0.717, 1.165) is 17.7 Å². The lowest BCUT2D eigenvalue weighted by atomic mass is 9.78. The molecule has 0 aromatic heterocycles.